The van der Waals surface area contributed by atoms with Crippen molar-refractivity contribution < 1.29 is 34.4 Å². The van der Waals surface area contributed by atoms with Crippen LogP contribution in [-0.2, 0) is 14.8 Å². The Bertz CT molecular complexity index is 257. The molecule has 0 rings (SSSR count). The molecule has 1 amide bonds. The van der Waals surface area contributed by atoms with Crippen molar-refractivity contribution in [1.29, 1.82) is 0 Å². The van der Waals surface area contributed by atoms with Gasteiger partial charge >= 0.3 is 76.4 Å². The molecule has 0 aromatic carbocycles. The van der Waals surface area contributed by atoms with Gasteiger partial charge in [-0.15, -0.1) is 0 Å². The standard InChI is InChI=1S/C5H9INO3S/c1-6-4-3-5(8)7-11(2,9)10/h3-4H,1-2H3,(H,7,8)/q-1/b4-3+. The first kappa shape index (κ1) is 10.9. The number of rotatable bonds is 3. The molecular weight excluding hydrogens is 281 g/mol. The van der Waals surface area contributed by atoms with Gasteiger partial charge in [0.15, 0.2) is 0 Å². The number of alkyl halides is 1. The second-order valence-corrected chi connectivity index (χ2v) is 5.46. The first-order chi connectivity index (χ1) is 4.95. The molecule has 0 atom stereocenters. The van der Waals surface area contributed by atoms with Crippen molar-refractivity contribution in [2.75, 3.05) is 11.2 Å². The summed E-state index contributed by atoms with van der Waals surface area (Å²) in [6, 6.07) is 0. The molecule has 6 heteroatoms. The average molecular weight is 290 g/mol. The van der Waals surface area contributed by atoms with E-state index in [-0.39, 0.29) is 21.2 Å². The Labute approximate surface area is 76.4 Å². The van der Waals surface area contributed by atoms with Crippen LogP contribution >= 0.6 is 0 Å². The van der Waals surface area contributed by atoms with Crippen LogP contribution in [0, 0.1) is 0 Å². The molecular formula is C5H9INO3S-. The van der Waals surface area contributed by atoms with E-state index in [9.17, 15) is 13.2 Å². The van der Waals surface area contributed by atoms with Crippen molar-refractivity contribution in [3.05, 3.63) is 10.2 Å². The maximum absolute atomic E-state index is 10.7. The van der Waals surface area contributed by atoms with Gasteiger partial charge in [-0.05, 0) is 0 Å². The van der Waals surface area contributed by atoms with E-state index in [1.165, 1.54) is 6.08 Å². The topological polar surface area (TPSA) is 63.2 Å². The van der Waals surface area contributed by atoms with Gasteiger partial charge in [0.05, 0.1) is 0 Å². The normalized spacial score (nSPS) is 12.2. The molecule has 0 aromatic rings. The first-order valence-electron chi connectivity index (χ1n) is 2.62. The van der Waals surface area contributed by atoms with E-state index < -0.39 is 15.9 Å². The van der Waals surface area contributed by atoms with Crippen LogP contribution in [0.1, 0.15) is 0 Å². The minimum absolute atomic E-state index is 0.105. The number of hydrogen-bond donors (Lipinski definition) is 1. The maximum atomic E-state index is 10.7. The van der Waals surface area contributed by atoms with Crippen LogP contribution in [0.3, 0.4) is 0 Å². The number of carbonyl (C=O) groups is 1. The van der Waals surface area contributed by atoms with Gasteiger partial charge in [0.1, 0.15) is 0 Å². The van der Waals surface area contributed by atoms with Crippen LogP contribution in [0.4, 0.5) is 0 Å². The summed E-state index contributed by atoms with van der Waals surface area (Å²) < 4.78 is 24.4. The van der Waals surface area contributed by atoms with E-state index >= 15 is 0 Å². The molecule has 4 nitrogen and oxygen atoms in total. The zero-order valence-corrected chi connectivity index (χ0v) is 9.14. The zero-order valence-electron chi connectivity index (χ0n) is 6.17. The summed E-state index contributed by atoms with van der Waals surface area (Å²) in [7, 11) is -3.39. The Kier molecular flexibility index (Phi) is 4.66. The zero-order chi connectivity index (χ0) is 8.91. The molecule has 0 aliphatic rings. The molecule has 11 heavy (non-hydrogen) atoms. The molecule has 0 bridgehead atoms. The Morgan fingerprint density at radius 2 is 2.09 bits per heavy atom. The summed E-state index contributed by atoms with van der Waals surface area (Å²) in [5.74, 6) is -0.575. The second kappa shape index (κ2) is 4.70. The molecule has 0 aliphatic carbocycles. The van der Waals surface area contributed by atoms with E-state index in [4.69, 9.17) is 0 Å². The molecule has 0 unspecified atom stereocenters. The summed E-state index contributed by atoms with van der Waals surface area (Å²) in [5, 5.41) is 0. The quantitative estimate of drug-likeness (QED) is 0.330. The molecule has 0 aromatic heterocycles. The van der Waals surface area contributed by atoms with Gasteiger partial charge in [0, 0.05) is 0 Å². The van der Waals surface area contributed by atoms with Gasteiger partial charge in [-0.25, -0.2) is 0 Å². The van der Waals surface area contributed by atoms with Crippen molar-refractivity contribution in [3.8, 4) is 0 Å². The van der Waals surface area contributed by atoms with Crippen molar-refractivity contribution >= 4 is 15.9 Å². The van der Waals surface area contributed by atoms with E-state index in [0.29, 0.717) is 0 Å². The monoisotopic (exact) mass is 290 g/mol. The van der Waals surface area contributed by atoms with Crippen molar-refractivity contribution in [2.45, 2.75) is 0 Å². The van der Waals surface area contributed by atoms with E-state index in [2.05, 4.69) is 0 Å². The summed E-state index contributed by atoms with van der Waals surface area (Å²) in [6.45, 7) is 0. The third kappa shape index (κ3) is 7.79. The van der Waals surface area contributed by atoms with Gasteiger partial charge in [0.25, 0.3) is 0 Å². The molecule has 0 radical (unpaired) electrons. The average Bonchev–Trinajstić information content (AvgIpc) is 1.79. The van der Waals surface area contributed by atoms with Crippen LogP contribution in [0.25, 0.3) is 0 Å². The fourth-order valence-electron chi connectivity index (χ4n) is 0.337. The second-order valence-electron chi connectivity index (χ2n) is 1.75. The third-order valence-corrected chi connectivity index (χ3v) is 2.28. The van der Waals surface area contributed by atoms with Crippen LogP contribution in [0.15, 0.2) is 10.2 Å². The molecule has 1 N–H and O–H groups in total. The number of nitrogens with one attached hydrogen (secondary N) is 1. The summed E-state index contributed by atoms with van der Waals surface area (Å²) in [5.41, 5.74) is 0. The summed E-state index contributed by atoms with van der Waals surface area (Å²) >= 11 is -0.105. The van der Waals surface area contributed by atoms with Crippen LogP contribution < -0.4 is 25.9 Å². The minimum atomic E-state index is -3.39. The van der Waals surface area contributed by atoms with Gasteiger partial charge in [-0.3, -0.25) is 0 Å². The number of sulfonamides is 1. The predicted molar refractivity (Wildman–Crippen MR) is 38.1 cm³/mol. The van der Waals surface area contributed by atoms with E-state index in [1.807, 2.05) is 9.65 Å². The van der Waals surface area contributed by atoms with Gasteiger partial charge in [0.2, 0.25) is 0 Å². The number of carbonyl (C=O) groups excluding carboxylic acids is 1. The number of halogens is 1. The molecule has 0 saturated heterocycles. The van der Waals surface area contributed by atoms with Crippen LogP contribution in [0.5, 0.6) is 0 Å². The summed E-state index contributed by atoms with van der Waals surface area (Å²) in [6.07, 6.45) is 2.19. The fourth-order valence-corrected chi connectivity index (χ4v) is 1.46. The first-order valence-corrected chi connectivity index (χ1v) is 7.91. The molecule has 0 fully saturated rings. The molecule has 0 heterocycles. The Morgan fingerprint density at radius 1 is 1.55 bits per heavy atom. The van der Waals surface area contributed by atoms with Gasteiger partial charge < -0.3 is 0 Å². The van der Waals surface area contributed by atoms with Crippen molar-refractivity contribution in [1.82, 2.24) is 4.72 Å². The number of amides is 1. The predicted octanol–water partition coefficient (Wildman–Crippen LogP) is -3.71. The van der Waals surface area contributed by atoms with E-state index in [1.54, 1.807) is 4.08 Å². The SMILES string of the molecule is C[I-]/C=C/C(=O)NS(C)(=O)=O. The van der Waals surface area contributed by atoms with Crippen molar-refractivity contribution in [2.24, 2.45) is 0 Å². The number of hydrogen-bond acceptors (Lipinski definition) is 3. The molecule has 0 spiro atoms. The third-order valence-electron chi connectivity index (χ3n) is 0.626. The molecule has 0 saturated carbocycles. The Morgan fingerprint density at radius 3 is 2.45 bits per heavy atom. The van der Waals surface area contributed by atoms with Crippen molar-refractivity contribution in [3.63, 3.8) is 0 Å². The van der Waals surface area contributed by atoms with Crippen LogP contribution in [-0.4, -0.2) is 25.5 Å². The fraction of sp³-hybridized carbons (Fsp3) is 0.400. The van der Waals surface area contributed by atoms with E-state index in [0.717, 1.165) is 6.26 Å². The molecule has 0 aliphatic heterocycles. The Hall–Kier alpha value is -0.110. The van der Waals surface area contributed by atoms with Gasteiger partial charge in [-0.2, -0.15) is 0 Å². The molecule has 66 valence electrons. The Balaban J connectivity index is 4.00. The van der Waals surface area contributed by atoms with Crippen LogP contribution in [0.2, 0.25) is 0 Å². The summed E-state index contributed by atoms with van der Waals surface area (Å²) in [4.78, 5) is 12.6. The van der Waals surface area contributed by atoms with Gasteiger partial charge in [-0.1, -0.05) is 0 Å².